The molecule has 2 aromatic rings. The minimum Gasteiger partial charge on any atom is -0.379 e. The SMILES string of the molecule is O=C(c1ccc(-n2cc(Br)cn2)cc1)N1CCOCC12CCOC2. The molecule has 6 nitrogen and oxygen atoms in total. The monoisotopic (exact) mass is 391 g/mol. The maximum atomic E-state index is 13.0. The summed E-state index contributed by atoms with van der Waals surface area (Å²) >= 11 is 3.39. The zero-order chi connectivity index (χ0) is 16.6. The number of rotatable bonds is 2. The first-order valence-corrected chi connectivity index (χ1v) is 8.75. The van der Waals surface area contributed by atoms with Gasteiger partial charge in [0.2, 0.25) is 0 Å². The molecule has 1 aromatic heterocycles. The summed E-state index contributed by atoms with van der Waals surface area (Å²) in [5.41, 5.74) is 1.29. The largest absolute Gasteiger partial charge is 0.379 e. The van der Waals surface area contributed by atoms with Crippen molar-refractivity contribution in [2.75, 3.05) is 33.0 Å². The van der Waals surface area contributed by atoms with Crippen molar-refractivity contribution in [2.45, 2.75) is 12.0 Å². The van der Waals surface area contributed by atoms with Crippen molar-refractivity contribution in [3.63, 3.8) is 0 Å². The van der Waals surface area contributed by atoms with Crippen molar-refractivity contribution in [1.82, 2.24) is 14.7 Å². The van der Waals surface area contributed by atoms with E-state index in [2.05, 4.69) is 21.0 Å². The smallest absolute Gasteiger partial charge is 0.254 e. The van der Waals surface area contributed by atoms with E-state index in [0.717, 1.165) is 16.6 Å². The van der Waals surface area contributed by atoms with Gasteiger partial charge in [-0.15, -0.1) is 0 Å². The van der Waals surface area contributed by atoms with Gasteiger partial charge >= 0.3 is 0 Å². The summed E-state index contributed by atoms with van der Waals surface area (Å²) in [5, 5.41) is 4.25. The molecule has 7 heteroatoms. The van der Waals surface area contributed by atoms with E-state index in [1.54, 1.807) is 10.9 Å². The lowest BCUT2D eigenvalue weighted by Crippen LogP contribution is -2.59. The lowest BCUT2D eigenvalue weighted by Gasteiger charge is -2.43. The molecule has 126 valence electrons. The van der Waals surface area contributed by atoms with Gasteiger partial charge in [0, 0.05) is 24.9 Å². The predicted octanol–water partition coefficient (Wildman–Crippen LogP) is 2.27. The van der Waals surface area contributed by atoms with E-state index >= 15 is 0 Å². The molecular formula is C17H18BrN3O3. The van der Waals surface area contributed by atoms with E-state index in [1.165, 1.54) is 0 Å². The quantitative estimate of drug-likeness (QED) is 0.787. The van der Waals surface area contributed by atoms with Crippen molar-refractivity contribution in [2.24, 2.45) is 0 Å². The fourth-order valence-electron chi connectivity index (χ4n) is 3.33. The molecule has 1 atom stereocenters. The number of nitrogens with zero attached hydrogens (tertiary/aromatic N) is 3. The molecule has 0 N–H and O–H groups in total. The van der Waals surface area contributed by atoms with Crippen molar-refractivity contribution in [1.29, 1.82) is 0 Å². The van der Waals surface area contributed by atoms with Crippen molar-refractivity contribution in [3.05, 3.63) is 46.7 Å². The Morgan fingerprint density at radius 3 is 2.58 bits per heavy atom. The molecule has 0 aliphatic carbocycles. The zero-order valence-electron chi connectivity index (χ0n) is 13.2. The maximum Gasteiger partial charge on any atom is 0.254 e. The summed E-state index contributed by atoms with van der Waals surface area (Å²) in [4.78, 5) is 14.9. The van der Waals surface area contributed by atoms with Gasteiger partial charge in [-0.3, -0.25) is 4.79 Å². The Balaban J connectivity index is 1.57. The molecule has 2 aliphatic heterocycles. The number of hydrogen-bond acceptors (Lipinski definition) is 4. The zero-order valence-corrected chi connectivity index (χ0v) is 14.7. The lowest BCUT2D eigenvalue weighted by atomic mass is 9.94. The number of amides is 1. The summed E-state index contributed by atoms with van der Waals surface area (Å²) in [6.45, 7) is 2.97. The van der Waals surface area contributed by atoms with Crippen LogP contribution >= 0.6 is 15.9 Å². The van der Waals surface area contributed by atoms with Crippen LogP contribution in [-0.4, -0.2) is 59.1 Å². The average molecular weight is 392 g/mol. The topological polar surface area (TPSA) is 56.6 Å². The number of ether oxygens (including phenoxy) is 2. The van der Waals surface area contributed by atoms with Gasteiger partial charge in [-0.25, -0.2) is 4.68 Å². The Hall–Kier alpha value is -1.70. The van der Waals surface area contributed by atoms with Crippen LogP contribution in [-0.2, 0) is 9.47 Å². The molecule has 0 saturated carbocycles. The number of morpholine rings is 1. The van der Waals surface area contributed by atoms with Crippen LogP contribution in [0.25, 0.3) is 5.69 Å². The second-order valence-electron chi connectivity index (χ2n) is 6.19. The van der Waals surface area contributed by atoms with Gasteiger partial charge in [0.15, 0.2) is 0 Å². The number of carbonyl (C=O) groups is 1. The van der Waals surface area contributed by atoms with E-state index in [9.17, 15) is 4.79 Å². The van der Waals surface area contributed by atoms with Crippen LogP contribution in [0.1, 0.15) is 16.8 Å². The van der Waals surface area contributed by atoms with Gasteiger partial charge in [-0.2, -0.15) is 5.10 Å². The van der Waals surface area contributed by atoms with E-state index < -0.39 is 0 Å². The molecule has 2 aliphatic rings. The highest BCUT2D eigenvalue weighted by Crippen LogP contribution is 2.30. The summed E-state index contributed by atoms with van der Waals surface area (Å²) in [5.74, 6) is 0.0389. The highest BCUT2D eigenvalue weighted by Gasteiger charge is 2.45. The summed E-state index contributed by atoms with van der Waals surface area (Å²) in [7, 11) is 0. The summed E-state index contributed by atoms with van der Waals surface area (Å²) in [6, 6.07) is 7.52. The number of halogens is 1. The number of aromatic nitrogens is 2. The first kappa shape index (κ1) is 15.8. The molecule has 0 radical (unpaired) electrons. The van der Waals surface area contributed by atoms with Gasteiger partial charge in [0.25, 0.3) is 5.91 Å². The normalized spacial score (nSPS) is 23.8. The third-order valence-electron chi connectivity index (χ3n) is 4.66. The minimum absolute atomic E-state index is 0.0389. The molecule has 0 bridgehead atoms. The lowest BCUT2D eigenvalue weighted by molar-refractivity contribution is -0.0550. The van der Waals surface area contributed by atoms with E-state index in [0.29, 0.717) is 38.5 Å². The molecule has 24 heavy (non-hydrogen) atoms. The third kappa shape index (κ3) is 2.76. The molecule has 4 rings (SSSR count). The van der Waals surface area contributed by atoms with Crippen molar-refractivity contribution < 1.29 is 14.3 Å². The van der Waals surface area contributed by atoms with Crippen molar-refractivity contribution >= 4 is 21.8 Å². The Morgan fingerprint density at radius 2 is 1.92 bits per heavy atom. The van der Waals surface area contributed by atoms with Gasteiger partial charge in [-0.05, 0) is 46.6 Å². The predicted molar refractivity (Wildman–Crippen MR) is 91.3 cm³/mol. The van der Waals surface area contributed by atoms with Crippen LogP contribution in [0, 0.1) is 0 Å². The van der Waals surface area contributed by atoms with E-state index in [-0.39, 0.29) is 11.4 Å². The van der Waals surface area contributed by atoms with Gasteiger partial charge in [0.1, 0.15) is 0 Å². The highest BCUT2D eigenvalue weighted by atomic mass is 79.9. The highest BCUT2D eigenvalue weighted by molar-refractivity contribution is 9.10. The molecule has 2 saturated heterocycles. The number of carbonyl (C=O) groups excluding carboxylic acids is 1. The summed E-state index contributed by atoms with van der Waals surface area (Å²) < 4.78 is 13.8. The van der Waals surface area contributed by atoms with Crippen LogP contribution < -0.4 is 0 Å². The minimum atomic E-state index is -0.305. The molecule has 2 fully saturated rings. The molecule has 1 aromatic carbocycles. The Morgan fingerprint density at radius 1 is 1.17 bits per heavy atom. The van der Waals surface area contributed by atoms with Crippen LogP contribution in [0.3, 0.4) is 0 Å². The Kier molecular flexibility index (Phi) is 4.15. The van der Waals surface area contributed by atoms with Gasteiger partial charge < -0.3 is 14.4 Å². The Labute approximate surface area is 148 Å². The fourth-order valence-corrected chi connectivity index (χ4v) is 3.61. The van der Waals surface area contributed by atoms with Crippen LogP contribution in [0.4, 0.5) is 0 Å². The first-order chi connectivity index (χ1) is 11.7. The standard InChI is InChI=1S/C17H18BrN3O3/c18-14-9-19-21(10-14)15-3-1-13(2-4-15)16(22)20-6-8-24-12-17(20)5-7-23-11-17/h1-4,9-10H,5-8,11-12H2. The third-order valence-corrected chi connectivity index (χ3v) is 5.07. The van der Waals surface area contributed by atoms with E-state index in [4.69, 9.17) is 9.47 Å². The average Bonchev–Trinajstić information content (AvgIpc) is 3.25. The van der Waals surface area contributed by atoms with Gasteiger partial charge in [-0.1, -0.05) is 0 Å². The number of hydrogen-bond donors (Lipinski definition) is 0. The second-order valence-corrected chi connectivity index (χ2v) is 7.10. The first-order valence-electron chi connectivity index (χ1n) is 7.96. The fraction of sp³-hybridized carbons (Fsp3) is 0.412. The second kappa shape index (κ2) is 6.31. The number of benzene rings is 1. The van der Waals surface area contributed by atoms with Crippen LogP contribution in [0.2, 0.25) is 0 Å². The molecule has 1 spiro atoms. The summed E-state index contributed by atoms with van der Waals surface area (Å²) in [6.07, 6.45) is 4.44. The molecular weight excluding hydrogens is 374 g/mol. The van der Waals surface area contributed by atoms with Crippen LogP contribution in [0.5, 0.6) is 0 Å². The molecule has 1 unspecified atom stereocenters. The molecule has 3 heterocycles. The molecule has 1 amide bonds. The Bertz CT molecular complexity index is 738. The van der Waals surface area contributed by atoms with Crippen LogP contribution in [0.15, 0.2) is 41.1 Å². The maximum absolute atomic E-state index is 13.0. The van der Waals surface area contributed by atoms with Gasteiger partial charge in [0.05, 0.1) is 41.7 Å². The van der Waals surface area contributed by atoms with E-state index in [1.807, 2.05) is 35.4 Å². The van der Waals surface area contributed by atoms with Crippen molar-refractivity contribution in [3.8, 4) is 5.69 Å².